The Kier molecular flexibility index (Phi) is 7.81. The van der Waals surface area contributed by atoms with Crippen LogP contribution in [-0.4, -0.2) is 49.9 Å². The molecule has 3 N–H and O–H groups in total. The number of aliphatic hydroxyl groups is 1. The summed E-state index contributed by atoms with van der Waals surface area (Å²) in [5.41, 5.74) is 1.64. The summed E-state index contributed by atoms with van der Waals surface area (Å²) >= 11 is 0. The van der Waals surface area contributed by atoms with Crippen LogP contribution in [0.3, 0.4) is 0 Å². The number of hydrogen-bond donors (Lipinski definition) is 3. The van der Waals surface area contributed by atoms with E-state index in [9.17, 15) is 5.11 Å². The zero-order chi connectivity index (χ0) is 19.3. The third-order valence-corrected chi connectivity index (χ3v) is 4.30. The van der Waals surface area contributed by atoms with Gasteiger partial charge in [0.15, 0.2) is 5.96 Å². The molecule has 3 heterocycles. The number of aryl methyl sites for hydroxylation is 1. The van der Waals surface area contributed by atoms with E-state index in [-0.39, 0.29) is 30.5 Å². The molecule has 1 atom stereocenters. The Bertz CT molecular complexity index is 883. The maximum atomic E-state index is 10.7. The third kappa shape index (κ3) is 5.68. The fraction of sp³-hybridized carbons (Fsp3) is 0.421. The Morgan fingerprint density at radius 3 is 2.79 bits per heavy atom. The molecule has 0 aliphatic heterocycles. The number of guanidine groups is 1. The van der Waals surface area contributed by atoms with Crippen LogP contribution in [0.25, 0.3) is 5.65 Å². The third-order valence-electron chi connectivity index (χ3n) is 4.30. The van der Waals surface area contributed by atoms with E-state index < -0.39 is 5.60 Å². The van der Waals surface area contributed by atoms with Crippen LogP contribution in [0.4, 0.5) is 0 Å². The molecule has 0 radical (unpaired) electrons. The molecule has 0 aliphatic rings. The number of fused-ring (bicyclic) bond motifs is 1. The van der Waals surface area contributed by atoms with Gasteiger partial charge >= 0.3 is 0 Å². The molecule has 3 aromatic rings. The second-order valence-electron chi connectivity index (χ2n) is 6.75. The van der Waals surface area contributed by atoms with Crippen molar-refractivity contribution in [2.75, 3.05) is 19.6 Å². The van der Waals surface area contributed by atoms with Gasteiger partial charge in [-0.25, -0.2) is 9.98 Å². The zero-order valence-corrected chi connectivity index (χ0v) is 18.8. The smallest absolute Gasteiger partial charge is 0.191 e. The Labute approximate surface area is 182 Å². The minimum atomic E-state index is -1.07. The Hall–Kier alpha value is -2.14. The van der Waals surface area contributed by atoms with Gasteiger partial charge in [0.25, 0.3) is 0 Å². The van der Waals surface area contributed by atoms with Gasteiger partial charge in [-0.2, -0.15) is 5.10 Å². The highest BCUT2D eigenvalue weighted by molar-refractivity contribution is 14.0. The summed E-state index contributed by atoms with van der Waals surface area (Å²) in [5, 5.41) is 21.3. The first kappa shape index (κ1) is 22.2. The van der Waals surface area contributed by atoms with Crippen LogP contribution in [0.5, 0.6) is 0 Å². The van der Waals surface area contributed by atoms with Crippen LogP contribution in [0.1, 0.15) is 25.1 Å². The van der Waals surface area contributed by atoms with Crippen molar-refractivity contribution in [3.63, 3.8) is 0 Å². The normalized spacial score (nSPS) is 13.8. The predicted octanol–water partition coefficient (Wildman–Crippen LogP) is 1.69. The first-order valence-electron chi connectivity index (χ1n) is 9.14. The predicted molar refractivity (Wildman–Crippen MR) is 121 cm³/mol. The lowest BCUT2D eigenvalue weighted by Gasteiger charge is -2.20. The summed E-state index contributed by atoms with van der Waals surface area (Å²) in [6.45, 7) is 5.44. The van der Waals surface area contributed by atoms with E-state index in [1.807, 2.05) is 49.0 Å². The average molecular weight is 497 g/mol. The summed E-state index contributed by atoms with van der Waals surface area (Å²) in [5.74, 6) is 0.672. The van der Waals surface area contributed by atoms with Gasteiger partial charge in [0.05, 0.1) is 18.4 Å². The van der Waals surface area contributed by atoms with Gasteiger partial charge in [-0.05, 0) is 26.0 Å². The lowest BCUT2D eigenvalue weighted by molar-refractivity contribution is 0.0672. The lowest BCUT2D eigenvalue weighted by atomic mass is 10.0. The van der Waals surface area contributed by atoms with Crippen molar-refractivity contribution in [2.45, 2.75) is 25.9 Å². The lowest BCUT2D eigenvalue weighted by Crippen LogP contribution is -2.39. The van der Waals surface area contributed by atoms with Crippen molar-refractivity contribution >= 4 is 35.6 Å². The number of rotatable bonds is 7. The maximum Gasteiger partial charge on any atom is 0.191 e. The molecule has 152 valence electrons. The first-order chi connectivity index (χ1) is 13.0. The molecule has 0 saturated heterocycles. The van der Waals surface area contributed by atoms with Gasteiger partial charge in [-0.1, -0.05) is 6.07 Å². The van der Waals surface area contributed by atoms with Gasteiger partial charge < -0.3 is 20.1 Å². The van der Waals surface area contributed by atoms with Crippen LogP contribution in [-0.2, 0) is 19.1 Å². The minimum Gasteiger partial charge on any atom is -0.383 e. The van der Waals surface area contributed by atoms with Crippen LogP contribution < -0.4 is 10.6 Å². The molecule has 0 spiro atoms. The van der Waals surface area contributed by atoms with Crippen molar-refractivity contribution in [3.8, 4) is 0 Å². The molecule has 9 heteroatoms. The highest BCUT2D eigenvalue weighted by Gasteiger charge is 2.24. The standard InChI is InChI=1S/C19H27N7O.HI/c1-4-20-18(22-14-19(2,27)15-11-23-25(3)12-15)21-9-8-16-13-26-10-6-5-7-17(26)24-16;/h5-7,10-13,27H,4,8-9,14H2,1-3H3,(H2,20,21,22);1H. The highest BCUT2D eigenvalue weighted by atomic mass is 127. The fourth-order valence-corrected chi connectivity index (χ4v) is 2.78. The molecule has 0 saturated carbocycles. The van der Waals surface area contributed by atoms with Gasteiger partial charge in [0.2, 0.25) is 0 Å². The topological polar surface area (TPSA) is 91.8 Å². The first-order valence-corrected chi connectivity index (χ1v) is 9.14. The minimum absolute atomic E-state index is 0. The zero-order valence-electron chi connectivity index (χ0n) is 16.5. The molecule has 3 rings (SSSR count). The van der Waals surface area contributed by atoms with E-state index in [0.29, 0.717) is 12.5 Å². The molecule has 0 aliphatic carbocycles. The number of nitrogens with one attached hydrogen (secondary N) is 2. The van der Waals surface area contributed by atoms with Gasteiger partial charge in [0.1, 0.15) is 11.2 Å². The van der Waals surface area contributed by atoms with Crippen LogP contribution in [0.2, 0.25) is 0 Å². The molecule has 0 aromatic carbocycles. The van der Waals surface area contributed by atoms with Crippen LogP contribution in [0.15, 0.2) is 48.0 Å². The number of pyridine rings is 1. The van der Waals surface area contributed by atoms with E-state index in [2.05, 4.69) is 25.7 Å². The van der Waals surface area contributed by atoms with Crippen molar-refractivity contribution < 1.29 is 5.11 Å². The number of imidazole rings is 1. The largest absolute Gasteiger partial charge is 0.383 e. The summed E-state index contributed by atoms with van der Waals surface area (Å²) in [4.78, 5) is 9.12. The molecule has 3 aromatic heterocycles. The number of aromatic nitrogens is 4. The van der Waals surface area contributed by atoms with Crippen LogP contribution in [0, 0.1) is 0 Å². The molecular formula is C19H28IN7O. The van der Waals surface area contributed by atoms with E-state index in [4.69, 9.17) is 0 Å². The second kappa shape index (κ2) is 9.87. The van der Waals surface area contributed by atoms with Gasteiger partial charge in [-0.3, -0.25) is 4.68 Å². The summed E-state index contributed by atoms with van der Waals surface area (Å²) in [7, 11) is 1.83. The van der Waals surface area contributed by atoms with E-state index in [1.54, 1.807) is 24.0 Å². The molecule has 0 amide bonds. The second-order valence-corrected chi connectivity index (χ2v) is 6.75. The number of aliphatic imine (C=N–C) groups is 1. The molecular weight excluding hydrogens is 469 g/mol. The monoisotopic (exact) mass is 497 g/mol. The van der Waals surface area contributed by atoms with Crippen molar-refractivity contribution in [2.24, 2.45) is 12.0 Å². The highest BCUT2D eigenvalue weighted by Crippen LogP contribution is 2.19. The Morgan fingerprint density at radius 2 is 2.11 bits per heavy atom. The van der Waals surface area contributed by atoms with Gasteiger partial charge in [-0.15, -0.1) is 24.0 Å². The summed E-state index contributed by atoms with van der Waals surface area (Å²) in [6.07, 6.45) is 8.28. The Balaban J connectivity index is 0.00000280. The summed E-state index contributed by atoms with van der Waals surface area (Å²) < 4.78 is 3.69. The molecule has 0 bridgehead atoms. The SMILES string of the molecule is CCNC(=NCC(C)(O)c1cnn(C)c1)NCCc1cn2ccccc2n1.I. The van der Waals surface area contributed by atoms with Crippen molar-refractivity contribution in [1.29, 1.82) is 0 Å². The van der Waals surface area contributed by atoms with Gasteiger partial charge in [0, 0.05) is 50.7 Å². The van der Waals surface area contributed by atoms with E-state index >= 15 is 0 Å². The number of halogens is 1. The molecule has 0 fully saturated rings. The maximum absolute atomic E-state index is 10.7. The van der Waals surface area contributed by atoms with Crippen molar-refractivity contribution in [3.05, 3.63) is 54.2 Å². The molecule has 1 unspecified atom stereocenters. The number of nitrogens with zero attached hydrogens (tertiary/aromatic N) is 5. The average Bonchev–Trinajstić information content (AvgIpc) is 3.26. The summed E-state index contributed by atoms with van der Waals surface area (Å²) in [6, 6.07) is 5.96. The molecule has 28 heavy (non-hydrogen) atoms. The van der Waals surface area contributed by atoms with E-state index in [0.717, 1.165) is 29.9 Å². The van der Waals surface area contributed by atoms with E-state index in [1.165, 1.54) is 0 Å². The van der Waals surface area contributed by atoms with Crippen molar-refractivity contribution in [1.82, 2.24) is 29.8 Å². The quantitative estimate of drug-likeness (QED) is 0.263. The molecule has 8 nitrogen and oxygen atoms in total. The number of hydrogen-bond acceptors (Lipinski definition) is 4. The fourth-order valence-electron chi connectivity index (χ4n) is 2.78. The Morgan fingerprint density at radius 1 is 1.29 bits per heavy atom. The van der Waals surface area contributed by atoms with Crippen LogP contribution >= 0.6 is 24.0 Å².